The Morgan fingerprint density at radius 1 is 1.39 bits per heavy atom. The average Bonchev–Trinajstić information content (AvgIpc) is 2.88. The molecular weight excluding hydrogens is 264 g/mol. The van der Waals surface area contributed by atoms with E-state index in [0.29, 0.717) is 5.88 Å². The van der Waals surface area contributed by atoms with Crippen LogP contribution in [0.15, 0.2) is 29.6 Å². The molecule has 2 aromatic heterocycles. The van der Waals surface area contributed by atoms with Gasteiger partial charge < -0.3 is 4.90 Å². The van der Waals surface area contributed by atoms with E-state index in [1.807, 2.05) is 13.0 Å². The second kappa shape index (κ2) is 6.21. The van der Waals surface area contributed by atoms with Gasteiger partial charge >= 0.3 is 0 Å². The number of pyridine rings is 1. The number of halogens is 1. The third-order valence-corrected chi connectivity index (χ3v) is 3.96. The van der Waals surface area contributed by atoms with E-state index in [9.17, 15) is 0 Å². The van der Waals surface area contributed by atoms with Crippen LogP contribution >= 0.6 is 22.9 Å². The monoisotopic (exact) mass is 280 g/mol. The Kier molecular flexibility index (Phi) is 4.61. The second-order valence-electron chi connectivity index (χ2n) is 4.20. The highest BCUT2D eigenvalue weighted by Gasteiger charge is 2.09. The van der Waals surface area contributed by atoms with E-state index in [2.05, 4.69) is 40.4 Å². The lowest BCUT2D eigenvalue weighted by Crippen LogP contribution is -2.22. The van der Waals surface area contributed by atoms with Gasteiger partial charge in [-0.25, -0.2) is 4.98 Å². The molecule has 0 unspecified atom stereocenters. The molecule has 0 spiro atoms. The fourth-order valence-corrected chi connectivity index (χ4v) is 2.78. The molecule has 2 aromatic rings. The molecule has 0 bridgehead atoms. The van der Waals surface area contributed by atoms with Crippen LogP contribution in [0.3, 0.4) is 0 Å². The minimum atomic E-state index is 0.535. The molecule has 0 aliphatic heterocycles. The summed E-state index contributed by atoms with van der Waals surface area (Å²) in [7, 11) is 0. The minimum absolute atomic E-state index is 0.535. The molecule has 2 heterocycles. The van der Waals surface area contributed by atoms with Crippen molar-refractivity contribution >= 4 is 28.8 Å². The summed E-state index contributed by atoms with van der Waals surface area (Å²) in [5, 5.41) is 2.11. The van der Waals surface area contributed by atoms with Crippen molar-refractivity contribution in [2.75, 3.05) is 11.4 Å². The number of alkyl halides is 1. The van der Waals surface area contributed by atoms with Crippen LogP contribution in [-0.2, 0) is 12.4 Å². The number of hydrogen-bond donors (Lipinski definition) is 0. The molecule has 0 aliphatic carbocycles. The molecule has 96 valence electrons. The van der Waals surface area contributed by atoms with Crippen LogP contribution in [-0.4, -0.2) is 11.5 Å². The van der Waals surface area contributed by atoms with Crippen LogP contribution in [0.2, 0.25) is 0 Å². The van der Waals surface area contributed by atoms with Crippen molar-refractivity contribution in [2.24, 2.45) is 0 Å². The zero-order valence-electron chi connectivity index (χ0n) is 10.7. The first-order chi connectivity index (χ1) is 8.72. The van der Waals surface area contributed by atoms with E-state index in [4.69, 9.17) is 11.6 Å². The van der Waals surface area contributed by atoms with Crippen LogP contribution in [0.25, 0.3) is 0 Å². The summed E-state index contributed by atoms with van der Waals surface area (Å²) in [5.74, 6) is 1.55. The largest absolute Gasteiger partial charge is 0.352 e. The van der Waals surface area contributed by atoms with E-state index >= 15 is 0 Å². The molecule has 0 radical (unpaired) electrons. The van der Waals surface area contributed by atoms with E-state index in [1.165, 1.54) is 4.88 Å². The van der Waals surface area contributed by atoms with Crippen LogP contribution < -0.4 is 4.90 Å². The molecule has 0 amide bonds. The van der Waals surface area contributed by atoms with Crippen molar-refractivity contribution in [3.63, 3.8) is 0 Å². The topological polar surface area (TPSA) is 16.1 Å². The van der Waals surface area contributed by atoms with Crippen molar-refractivity contribution in [1.82, 2.24) is 4.98 Å². The van der Waals surface area contributed by atoms with Gasteiger partial charge in [0.25, 0.3) is 0 Å². The van der Waals surface area contributed by atoms with Gasteiger partial charge in [-0.05, 0) is 43.0 Å². The normalized spacial score (nSPS) is 10.6. The van der Waals surface area contributed by atoms with Gasteiger partial charge in [0.15, 0.2) is 0 Å². The van der Waals surface area contributed by atoms with Crippen molar-refractivity contribution in [1.29, 1.82) is 0 Å². The van der Waals surface area contributed by atoms with Gasteiger partial charge in [-0.1, -0.05) is 6.07 Å². The highest BCUT2D eigenvalue weighted by molar-refractivity contribution is 7.09. The maximum absolute atomic E-state index is 5.92. The average molecular weight is 281 g/mol. The molecule has 18 heavy (non-hydrogen) atoms. The predicted octanol–water partition coefficient (Wildman–Crippen LogP) is 4.22. The molecule has 0 aromatic carbocycles. The molecule has 0 N–H and O–H groups in total. The first kappa shape index (κ1) is 13.4. The van der Waals surface area contributed by atoms with E-state index in [-0.39, 0.29) is 0 Å². The van der Waals surface area contributed by atoms with Crippen molar-refractivity contribution in [2.45, 2.75) is 26.3 Å². The van der Waals surface area contributed by atoms with Gasteiger partial charge in [-0.15, -0.1) is 22.9 Å². The second-order valence-corrected chi connectivity index (χ2v) is 5.50. The molecule has 0 fully saturated rings. The van der Waals surface area contributed by atoms with Crippen LogP contribution in [0.4, 0.5) is 5.82 Å². The van der Waals surface area contributed by atoms with Gasteiger partial charge in [-0.3, -0.25) is 0 Å². The zero-order valence-corrected chi connectivity index (χ0v) is 12.3. The molecule has 0 saturated heterocycles. The standard InChI is InChI=1S/C14H17ClN2S/c1-3-17(10-13-5-4-6-18-13)14-8-12(9-15)7-11(2)16-14/h4-8H,3,9-10H2,1-2H3. The number of nitrogens with zero attached hydrogens (tertiary/aromatic N) is 2. The predicted molar refractivity (Wildman–Crippen MR) is 79.6 cm³/mol. The lowest BCUT2D eigenvalue weighted by molar-refractivity contribution is 0.818. The van der Waals surface area contributed by atoms with Gasteiger partial charge in [0.1, 0.15) is 5.82 Å². The minimum Gasteiger partial charge on any atom is -0.352 e. The summed E-state index contributed by atoms with van der Waals surface area (Å²) in [6.45, 7) is 6.01. The van der Waals surface area contributed by atoms with Crippen LogP contribution in [0.1, 0.15) is 23.1 Å². The number of anilines is 1. The molecule has 0 saturated carbocycles. The SMILES string of the molecule is CCN(Cc1cccs1)c1cc(CCl)cc(C)n1. The van der Waals surface area contributed by atoms with Gasteiger partial charge in [-0.2, -0.15) is 0 Å². The fraction of sp³-hybridized carbons (Fsp3) is 0.357. The number of rotatable bonds is 5. The molecule has 0 atom stereocenters. The summed E-state index contributed by atoms with van der Waals surface area (Å²) in [4.78, 5) is 8.23. The Hall–Kier alpha value is -1.06. The number of thiophene rings is 1. The smallest absolute Gasteiger partial charge is 0.129 e. The summed E-state index contributed by atoms with van der Waals surface area (Å²) in [6.07, 6.45) is 0. The third-order valence-electron chi connectivity index (χ3n) is 2.79. The van der Waals surface area contributed by atoms with Crippen molar-refractivity contribution in [3.05, 3.63) is 45.8 Å². The molecule has 2 nitrogen and oxygen atoms in total. The maximum atomic E-state index is 5.92. The van der Waals surface area contributed by atoms with Gasteiger partial charge in [0.2, 0.25) is 0 Å². The lowest BCUT2D eigenvalue weighted by Gasteiger charge is -2.22. The highest BCUT2D eigenvalue weighted by atomic mass is 35.5. The maximum Gasteiger partial charge on any atom is 0.129 e. The Bertz CT molecular complexity index is 497. The van der Waals surface area contributed by atoms with Crippen LogP contribution in [0.5, 0.6) is 0 Å². The Morgan fingerprint density at radius 3 is 2.83 bits per heavy atom. The van der Waals surface area contributed by atoms with Gasteiger partial charge in [0.05, 0.1) is 6.54 Å². The first-order valence-corrected chi connectivity index (χ1v) is 7.45. The van der Waals surface area contributed by atoms with Crippen molar-refractivity contribution in [3.8, 4) is 0 Å². The number of hydrogen-bond acceptors (Lipinski definition) is 3. The third kappa shape index (κ3) is 3.24. The quantitative estimate of drug-likeness (QED) is 0.763. The Labute approximate surface area is 117 Å². The van der Waals surface area contributed by atoms with E-state index < -0.39 is 0 Å². The van der Waals surface area contributed by atoms with E-state index in [1.54, 1.807) is 11.3 Å². The summed E-state index contributed by atoms with van der Waals surface area (Å²) < 4.78 is 0. The summed E-state index contributed by atoms with van der Waals surface area (Å²) in [6, 6.07) is 8.36. The Balaban J connectivity index is 2.24. The highest BCUT2D eigenvalue weighted by Crippen LogP contribution is 2.20. The summed E-state index contributed by atoms with van der Waals surface area (Å²) >= 11 is 7.70. The number of aromatic nitrogens is 1. The lowest BCUT2D eigenvalue weighted by atomic mass is 10.2. The molecule has 0 aliphatic rings. The molecular formula is C14H17ClN2S. The Morgan fingerprint density at radius 2 is 2.22 bits per heavy atom. The first-order valence-electron chi connectivity index (χ1n) is 6.03. The van der Waals surface area contributed by atoms with Gasteiger partial charge in [0, 0.05) is 23.0 Å². The van der Waals surface area contributed by atoms with Crippen LogP contribution in [0, 0.1) is 6.92 Å². The number of aryl methyl sites for hydroxylation is 1. The molecule has 4 heteroatoms. The van der Waals surface area contributed by atoms with Crippen molar-refractivity contribution < 1.29 is 0 Å². The molecule has 2 rings (SSSR count). The van der Waals surface area contributed by atoms with E-state index in [0.717, 1.165) is 30.2 Å². The fourth-order valence-electron chi connectivity index (χ4n) is 1.91. The summed E-state index contributed by atoms with van der Waals surface area (Å²) in [5.41, 5.74) is 2.15. The zero-order chi connectivity index (χ0) is 13.0.